The van der Waals surface area contributed by atoms with E-state index in [0.29, 0.717) is 5.92 Å². The number of nitrogens with one attached hydrogen (secondary N) is 1. The van der Waals surface area contributed by atoms with E-state index in [4.69, 9.17) is 11.6 Å². The molecule has 0 heterocycles. The molecular weight excluding hydrogens is 266 g/mol. The summed E-state index contributed by atoms with van der Waals surface area (Å²) in [6.45, 7) is 4.26. The highest BCUT2D eigenvalue weighted by molar-refractivity contribution is 6.31. The number of aryl methyl sites for hydroxylation is 2. The van der Waals surface area contributed by atoms with Crippen molar-refractivity contribution in [3.05, 3.63) is 69.2 Å². The molecule has 0 aromatic heterocycles. The van der Waals surface area contributed by atoms with Gasteiger partial charge >= 0.3 is 0 Å². The SMILES string of the molecule is CNC(c1cc(C)c(C)cc1Cl)C1Cc2ccccc21. The Morgan fingerprint density at radius 3 is 2.55 bits per heavy atom. The van der Waals surface area contributed by atoms with E-state index in [1.165, 1.54) is 27.8 Å². The van der Waals surface area contributed by atoms with Crippen LogP contribution in [0.25, 0.3) is 0 Å². The summed E-state index contributed by atoms with van der Waals surface area (Å²) in [6, 6.07) is 13.3. The molecule has 2 aromatic carbocycles. The van der Waals surface area contributed by atoms with Crippen LogP contribution in [0.15, 0.2) is 36.4 Å². The average molecular weight is 286 g/mol. The van der Waals surface area contributed by atoms with Crippen LogP contribution in [0.1, 0.15) is 39.8 Å². The Kier molecular flexibility index (Phi) is 3.57. The maximum absolute atomic E-state index is 6.49. The summed E-state index contributed by atoms with van der Waals surface area (Å²) >= 11 is 6.49. The van der Waals surface area contributed by atoms with Crippen molar-refractivity contribution < 1.29 is 0 Å². The van der Waals surface area contributed by atoms with E-state index in [1.54, 1.807) is 0 Å². The van der Waals surface area contributed by atoms with Crippen LogP contribution in [0, 0.1) is 13.8 Å². The number of likely N-dealkylation sites (N-methyl/N-ethyl adjacent to an activating group) is 1. The Morgan fingerprint density at radius 1 is 1.15 bits per heavy atom. The predicted molar refractivity (Wildman–Crippen MR) is 85.6 cm³/mol. The lowest BCUT2D eigenvalue weighted by molar-refractivity contribution is 0.439. The summed E-state index contributed by atoms with van der Waals surface area (Å²) in [5.74, 6) is 0.524. The lowest BCUT2D eigenvalue weighted by Gasteiger charge is -2.37. The van der Waals surface area contributed by atoms with Crippen LogP contribution in [0.5, 0.6) is 0 Å². The molecule has 0 saturated heterocycles. The van der Waals surface area contributed by atoms with Crippen molar-refractivity contribution in [1.29, 1.82) is 0 Å². The molecule has 1 aliphatic carbocycles. The van der Waals surface area contributed by atoms with Gasteiger partial charge in [0.15, 0.2) is 0 Å². The van der Waals surface area contributed by atoms with Crippen LogP contribution in [0.2, 0.25) is 5.02 Å². The van der Waals surface area contributed by atoms with E-state index in [2.05, 4.69) is 55.6 Å². The fourth-order valence-corrected chi connectivity index (χ4v) is 3.55. The number of fused-ring (bicyclic) bond motifs is 1. The minimum absolute atomic E-state index is 0.289. The van der Waals surface area contributed by atoms with E-state index in [-0.39, 0.29) is 6.04 Å². The van der Waals surface area contributed by atoms with Gasteiger partial charge in [0.2, 0.25) is 0 Å². The molecule has 0 bridgehead atoms. The monoisotopic (exact) mass is 285 g/mol. The van der Waals surface area contributed by atoms with Crippen molar-refractivity contribution >= 4 is 11.6 Å². The molecule has 1 aliphatic rings. The minimum atomic E-state index is 0.289. The third-order valence-corrected chi connectivity index (χ3v) is 4.88. The third kappa shape index (κ3) is 2.15. The lowest BCUT2D eigenvalue weighted by atomic mass is 9.71. The number of rotatable bonds is 3. The molecule has 0 radical (unpaired) electrons. The van der Waals surface area contributed by atoms with Gasteiger partial charge in [-0.2, -0.15) is 0 Å². The fourth-order valence-electron chi connectivity index (χ4n) is 3.21. The van der Waals surface area contributed by atoms with Crippen LogP contribution < -0.4 is 5.32 Å². The van der Waals surface area contributed by atoms with Crippen molar-refractivity contribution in [2.45, 2.75) is 32.2 Å². The molecule has 0 aliphatic heterocycles. The molecule has 2 heteroatoms. The molecule has 2 atom stereocenters. The second kappa shape index (κ2) is 5.23. The van der Waals surface area contributed by atoms with Crippen molar-refractivity contribution in [2.24, 2.45) is 0 Å². The number of hydrogen-bond acceptors (Lipinski definition) is 1. The maximum Gasteiger partial charge on any atom is 0.0456 e. The summed E-state index contributed by atoms with van der Waals surface area (Å²) in [5, 5.41) is 4.34. The number of benzene rings is 2. The van der Waals surface area contributed by atoms with Crippen molar-refractivity contribution in [2.75, 3.05) is 7.05 Å². The normalized spacial score (nSPS) is 18.3. The van der Waals surface area contributed by atoms with Crippen molar-refractivity contribution in [3.8, 4) is 0 Å². The second-order valence-electron chi connectivity index (χ2n) is 5.73. The number of halogens is 1. The second-order valence-corrected chi connectivity index (χ2v) is 6.14. The molecule has 0 fully saturated rings. The Labute approximate surface area is 126 Å². The highest BCUT2D eigenvalue weighted by Gasteiger charge is 2.33. The maximum atomic E-state index is 6.49. The first-order valence-electron chi connectivity index (χ1n) is 7.13. The van der Waals surface area contributed by atoms with Gasteiger partial charge in [-0.25, -0.2) is 0 Å². The van der Waals surface area contributed by atoms with Crippen LogP contribution in [0.4, 0.5) is 0 Å². The third-order valence-electron chi connectivity index (χ3n) is 4.56. The lowest BCUT2D eigenvalue weighted by Crippen LogP contribution is -2.31. The van der Waals surface area contributed by atoms with Crippen LogP contribution in [0.3, 0.4) is 0 Å². The molecule has 1 N–H and O–H groups in total. The van der Waals surface area contributed by atoms with E-state index < -0.39 is 0 Å². The molecule has 2 aromatic rings. The molecule has 104 valence electrons. The van der Waals surface area contributed by atoms with Gasteiger partial charge < -0.3 is 5.32 Å². The average Bonchev–Trinajstić information content (AvgIpc) is 2.41. The van der Waals surface area contributed by atoms with Crippen molar-refractivity contribution in [1.82, 2.24) is 5.32 Å². The minimum Gasteiger partial charge on any atom is -0.312 e. The van der Waals surface area contributed by atoms with E-state index >= 15 is 0 Å². The fraction of sp³-hybridized carbons (Fsp3) is 0.333. The Balaban J connectivity index is 1.98. The summed E-state index contributed by atoms with van der Waals surface area (Å²) < 4.78 is 0. The van der Waals surface area contributed by atoms with Gasteiger partial charge in [0.1, 0.15) is 0 Å². The van der Waals surface area contributed by atoms with Gasteiger partial charge in [0.25, 0.3) is 0 Å². The molecule has 3 rings (SSSR count). The molecule has 0 amide bonds. The summed E-state index contributed by atoms with van der Waals surface area (Å²) in [6.07, 6.45) is 1.13. The summed E-state index contributed by atoms with van der Waals surface area (Å²) in [5.41, 5.74) is 6.70. The van der Waals surface area contributed by atoms with Gasteiger partial charge in [-0.05, 0) is 61.2 Å². The Morgan fingerprint density at radius 2 is 1.85 bits per heavy atom. The zero-order valence-electron chi connectivity index (χ0n) is 12.2. The largest absolute Gasteiger partial charge is 0.312 e. The molecule has 0 saturated carbocycles. The van der Waals surface area contributed by atoms with Gasteiger partial charge in [0.05, 0.1) is 0 Å². The molecular formula is C18H20ClN. The first-order chi connectivity index (χ1) is 9.61. The van der Waals surface area contributed by atoms with Gasteiger partial charge in [0, 0.05) is 17.0 Å². The smallest absolute Gasteiger partial charge is 0.0456 e. The highest BCUT2D eigenvalue weighted by Crippen LogP contribution is 2.45. The zero-order valence-corrected chi connectivity index (χ0v) is 13.0. The van der Waals surface area contributed by atoms with Crippen LogP contribution in [-0.2, 0) is 6.42 Å². The highest BCUT2D eigenvalue weighted by atomic mass is 35.5. The predicted octanol–water partition coefficient (Wildman–Crippen LogP) is 4.56. The van der Waals surface area contributed by atoms with Crippen LogP contribution in [-0.4, -0.2) is 7.05 Å². The van der Waals surface area contributed by atoms with Crippen LogP contribution >= 0.6 is 11.6 Å². The Bertz CT molecular complexity index is 648. The summed E-state index contributed by atoms with van der Waals surface area (Å²) in [7, 11) is 2.02. The van der Waals surface area contributed by atoms with E-state index in [0.717, 1.165) is 11.4 Å². The first-order valence-corrected chi connectivity index (χ1v) is 7.51. The molecule has 2 unspecified atom stereocenters. The standard InChI is InChI=1S/C18H20ClN/c1-11-8-16(17(19)9-12(11)2)18(20-3)15-10-13-6-4-5-7-14(13)15/h4-9,15,18,20H,10H2,1-3H3. The van der Waals surface area contributed by atoms with Crippen molar-refractivity contribution in [3.63, 3.8) is 0 Å². The molecule has 20 heavy (non-hydrogen) atoms. The Hall–Kier alpha value is -1.31. The summed E-state index contributed by atoms with van der Waals surface area (Å²) in [4.78, 5) is 0. The van der Waals surface area contributed by atoms with Gasteiger partial charge in [-0.15, -0.1) is 0 Å². The first kappa shape index (κ1) is 13.7. The molecule has 1 nitrogen and oxygen atoms in total. The van der Waals surface area contributed by atoms with E-state index in [9.17, 15) is 0 Å². The molecule has 0 spiro atoms. The van der Waals surface area contributed by atoms with Gasteiger partial charge in [-0.3, -0.25) is 0 Å². The van der Waals surface area contributed by atoms with E-state index in [1.807, 2.05) is 7.05 Å². The zero-order chi connectivity index (χ0) is 14.3. The topological polar surface area (TPSA) is 12.0 Å². The van der Waals surface area contributed by atoms with Gasteiger partial charge in [-0.1, -0.05) is 41.9 Å². The number of hydrogen-bond donors (Lipinski definition) is 1. The quantitative estimate of drug-likeness (QED) is 0.872.